The second kappa shape index (κ2) is 14.8. The van der Waals surface area contributed by atoms with Crippen molar-refractivity contribution in [1.29, 1.82) is 0 Å². The molecule has 2 N–H and O–H groups in total. The second-order valence-corrected chi connectivity index (χ2v) is 13.6. The van der Waals surface area contributed by atoms with Gasteiger partial charge in [-0.05, 0) is 60.8 Å². The van der Waals surface area contributed by atoms with Gasteiger partial charge in [-0.15, -0.1) is 6.58 Å². The molecule has 45 heavy (non-hydrogen) atoms. The van der Waals surface area contributed by atoms with E-state index in [1.807, 2.05) is 29.2 Å². The lowest BCUT2D eigenvalue weighted by molar-refractivity contribution is -0.384. The van der Waals surface area contributed by atoms with Crippen molar-refractivity contribution in [2.75, 3.05) is 26.2 Å². The zero-order valence-corrected chi connectivity index (χ0v) is 26.1. The van der Waals surface area contributed by atoms with Crippen molar-refractivity contribution in [3.05, 3.63) is 119 Å². The molecule has 5 rings (SSSR count). The molecule has 0 spiro atoms. The highest BCUT2D eigenvalue weighted by molar-refractivity contribution is 7.89. The molecule has 2 aliphatic rings. The van der Waals surface area contributed by atoms with Gasteiger partial charge in [-0.3, -0.25) is 10.1 Å². The van der Waals surface area contributed by atoms with Crippen LogP contribution in [0.15, 0.2) is 102 Å². The Morgan fingerprint density at radius 2 is 1.62 bits per heavy atom. The van der Waals surface area contributed by atoms with Gasteiger partial charge in [0.1, 0.15) is 0 Å². The molecule has 3 aromatic carbocycles. The number of likely N-dealkylation sites (tertiary alicyclic amines) is 1. The Hall–Kier alpha value is -4.06. The summed E-state index contributed by atoms with van der Waals surface area (Å²) >= 11 is 0. The summed E-state index contributed by atoms with van der Waals surface area (Å²) in [6, 6.07) is 24.8. The molecule has 2 amide bonds. The summed E-state index contributed by atoms with van der Waals surface area (Å²) in [5, 5.41) is 13.9. The first-order valence-electron chi connectivity index (χ1n) is 15.5. The van der Waals surface area contributed by atoms with Crippen molar-refractivity contribution < 1.29 is 18.1 Å². The maximum Gasteiger partial charge on any atom is 0.318 e. The first-order chi connectivity index (χ1) is 21.7. The molecular formula is C34H41N5O5S. The summed E-state index contributed by atoms with van der Waals surface area (Å²) < 4.78 is 29.2. The molecule has 1 aliphatic heterocycles. The number of sulfonamides is 1. The summed E-state index contributed by atoms with van der Waals surface area (Å²) in [5.74, 6) is 0.538. The number of rotatable bonds is 12. The number of non-ortho nitro benzene ring substituents is 1. The summed E-state index contributed by atoms with van der Waals surface area (Å²) in [7, 11) is -3.61. The number of urea groups is 1. The monoisotopic (exact) mass is 631 g/mol. The highest BCUT2D eigenvalue weighted by Gasteiger charge is 2.39. The average Bonchev–Trinajstić information content (AvgIpc) is 3.45. The molecule has 1 aliphatic carbocycles. The highest BCUT2D eigenvalue weighted by Crippen LogP contribution is 2.41. The summed E-state index contributed by atoms with van der Waals surface area (Å²) in [6.45, 7) is 7.10. The molecule has 1 saturated carbocycles. The molecule has 1 unspecified atom stereocenters. The molecule has 10 nitrogen and oxygen atoms in total. The second-order valence-electron chi connectivity index (χ2n) is 11.9. The minimum Gasteiger partial charge on any atom is -0.334 e. The van der Waals surface area contributed by atoms with Crippen LogP contribution >= 0.6 is 0 Å². The molecule has 3 aromatic rings. The maximum absolute atomic E-state index is 13.2. The molecule has 3 atom stereocenters. The SMILES string of the molecule is C=CCN(C(=O)NCc1ccc([N+](=O)[O-])cc1)C1CCN(C[C@H]2CC(NS(=O)(=O)c3ccccc3)C[C@@H]2c2ccccc2)CC1. The quantitative estimate of drug-likeness (QED) is 0.159. The predicted molar refractivity (Wildman–Crippen MR) is 174 cm³/mol. The Morgan fingerprint density at radius 1 is 0.978 bits per heavy atom. The van der Waals surface area contributed by atoms with Crippen LogP contribution in [0.1, 0.15) is 42.7 Å². The van der Waals surface area contributed by atoms with Gasteiger partial charge < -0.3 is 15.1 Å². The Labute approximate surface area is 265 Å². The molecule has 0 bridgehead atoms. The van der Waals surface area contributed by atoms with Gasteiger partial charge in [-0.2, -0.15) is 0 Å². The number of nitro groups is 1. The molecule has 11 heteroatoms. The third-order valence-electron chi connectivity index (χ3n) is 8.97. The van der Waals surface area contributed by atoms with Crippen LogP contribution in [0.25, 0.3) is 0 Å². The third kappa shape index (κ3) is 8.36. The van der Waals surface area contributed by atoms with Crippen molar-refractivity contribution in [3.8, 4) is 0 Å². The maximum atomic E-state index is 13.2. The molecule has 238 valence electrons. The number of nitrogens with one attached hydrogen (secondary N) is 2. The fraction of sp³-hybridized carbons (Fsp3) is 0.382. The van der Waals surface area contributed by atoms with Crippen LogP contribution in [-0.2, 0) is 16.6 Å². The number of benzene rings is 3. The van der Waals surface area contributed by atoms with Gasteiger partial charge in [0.15, 0.2) is 0 Å². The molecule has 0 aromatic heterocycles. The summed E-state index contributed by atoms with van der Waals surface area (Å²) in [6.07, 6.45) is 4.90. The number of nitro benzene ring substituents is 1. The minimum atomic E-state index is -3.61. The van der Waals surface area contributed by atoms with E-state index in [9.17, 15) is 23.3 Å². The van der Waals surface area contributed by atoms with E-state index in [1.165, 1.54) is 17.7 Å². The lowest BCUT2D eigenvalue weighted by Gasteiger charge is -2.39. The van der Waals surface area contributed by atoms with Crippen LogP contribution in [0.5, 0.6) is 0 Å². The third-order valence-corrected chi connectivity index (χ3v) is 10.5. The Kier molecular flexibility index (Phi) is 10.6. The first-order valence-corrected chi connectivity index (χ1v) is 16.9. The number of piperidine rings is 1. The van der Waals surface area contributed by atoms with E-state index >= 15 is 0 Å². The van der Waals surface area contributed by atoms with Crippen LogP contribution in [-0.4, -0.2) is 67.4 Å². The van der Waals surface area contributed by atoms with E-state index in [-0.39, 0.29) is 41.2 Å². The minimum absolute atomic E-state index is 0.0156. The highest BCUT2D eigenvalue weighted by atomic mass is 32.2. The lowest BCUT2D eigenvalue weighted by Crippen LogP contribution is -2.51. The van der Waals surface area contributed by atoms with Crippen LogP contribution in [0, 0.1) is 16.0 Å². The summed E-state index contributed by atoms with van der Waals surface area (Å²) in [4.78, 5) is 28.2. The zero-order valence-electron chi connectivity index (χ0n) is 25.3. The van der Waals surface area contributed by atoms with Gasteiger partial charge in [-0.1, -0.05) is 66.7 Å². The summed E-state index contributed by atoms with van der Waals surface area (Å²) in [5.41, 5.74) is 2.04. The van der Waals surface area contributed by atoms with Crippen molar-refractivity contribution in [2.24, 2.45) is 5.92 Å². The van der Waals surface area contributed by atoms with Crippen molar-refractivity contribution in [2.45, 2.75) is 55.1 Å². The molecule has 1 saturated heterocycles. The van der Waals surface area contributed by atoms with E-state index in [0.29, 0.717) is 12.5 Å². The van der Waals surface area contributed by atoms with Crippen LogP contribution in [0.2, 0.25) is 0 Å². The van der Waals surface area contributed by atoms with E-state index < -0.39 is 14.9 Å². The number of nitrogens with zero attached hydrogens (tertiary/aromatic N) is 3. The van der Waals surface area contributed by atoms with Crippen molar-refractivity contribution in [3.63, 3.8) is 0 Å². The smallest absolute Gasteiger partial charge is 0.318 e. The van der Waals surface area contributed by atoms with Gasteiger partial charge in [0.2, 0.25) is 10.0 Å². The molecule has 0 radical (unpaired) electrons. The van der Waals surface area contributed by atoms with Gasteiger partial charge in [0, 0.05) is 56.9 Å². The fourth-order valence-corrected chi connectivity index (χ4v) is 8.00. The topological polar surface area (TPSA) is 125 Å². The average molecular weight is 632 g/mol. The van der Waals surface area contributed by atoms with E-state index in [2.05, 4.69) is 33.7 Å². The van der Waals surface area contributed by atoms with E-state index in [1.54, 1.807) is 42.5 Å². The van der Waals surface area contributed by atoms with Gasteiger partial charge in [-0.25, -0.2) is 17.9 Å². The van der Waals surface area contributed by atoms with Crippen LogP contribution < -0.4 is 10.0 Å². The Balaban J connectivity index is 1.18. The normalized spacial score (nSPS) is 20.8. The van der Waals surface area contributed by atoms with E-state index in [4.69, 9.17) is 0 Å². The van der Waals surface area contributed by atoms with E-state index in [0.717, 1.165) is 50.9 Å². The van der Waals surface area contributed by atoms with Crippen molar-refractivity contribution in [1.82, 2.24) is 19.8 Å². The number of carbonyl (C=O) groups is 1. The Morgan fingerprint density at radius 3 is 2.24 bits per heavy atom. The molecule has 2 fully saturated rings. The fourth-order valence-electron chi connectivity index (χ4n) is 6.72. The number of hydrogen-bond donors (Lipinski definition) is 2. The largest absolute Gasteiger partial charge is 0.334 e. The predicted octanol–water partition coefficient (Wildman–Crippen LogP) is 5.30. The van der Waals surface area contributed by atoms with Gasteiger partial charge in [0.25, 0.3) is 5.69 Å². The number of hydrogen-bond acceptors (Lipinski definition) is 6. The van der Waals surface area contributed by atoms with Crippen LogP contribution in [0.3, 0.4) is 0 Å². The molecular weight excluding hydrogens is 590 g/mol. The Bertz CT molecular complexity index is 1540. The van der Waals surface area contributed by atoms with Crippen LogP contribution in [0.4, 0.5) is 10.5 Å². The number of carbonyl (C=O) groups excluding carboxylic acids is 1. The standard InChI is InChI=1S/C34H41N5O5S/c1-2-19-38(34(40)35-24-26-13-15-31(16-14-26)39(41)42)30-17-20-37(21-18-30)25-28-22-29(23-33(28)27-9-5-3-6-10-27)36-45(43,44)32-11-7-4-8-12-32/h2-16,28-30,33,36H,1,17-25H2,(H,35,40)/t28-,29?,33-/m1/s1. The lowest BCUT2D eigenvalue weighted by atomic mass is 9.88. The first kappa shape index (κ1) is 32.3. The zero-order chi connectivity index (χ0) is 31.8. The van der Waals surface area contributed by atoms with Gasteiger partial charge in [0.05, 0.1) is 9.82 Å². The van der Waals surface area contributed by atoms with Gasteiger partial charge >= 0.3 is 6.03 Å². The number of amides is 2. The van der Waals surface area contributed by atoms with Crippen molar-refractivity contribution >= 4 is 21.7 Å². The molecule has 1 heterocycles.